The molecule has 0 aliphatic carbocycles. The maximum Gasteiger partial charge on any atom is 0.225 e. The molecule has 1 amide bonds. The molecule has 1 aromatic rings. The molecule has 19 heavy (non-hydrogen) atoms. The Kier molecular flexibility index (Phi) is 6.02. The van der Waals surface area contributed by atoms with E-state index in [1.165, 1.54) is 11.3 Å². The lowest BCUT2D eigenvalue weighted by atomic mass is 10.4. The summed E-state index contributed by atoms with van der Waals surface area (Å²) in [5.41, 5.74) is 0. The summed E-state index contributed by atoms with van der Waals surface area (Å²) >= 11 is 3.14. The van der Waals surface area contributed by atoms with Crippen molar-refractivity contribution in [2.75, 3.05) is 43.9 Å². The van der Waals surface area contributed by atoms with Gasteiger partial charge in [-0.1, -0.05) is 30.0 Å². The van der Waals surface area contributed by atoms with E-state index in [2.05, 4.69) is 15.5 Å². The van der Waals surface area contributed by atoms with Gasteiger partial charge in [-0.25, -0.2) is 0 Å². The number of nitrogens with one attached hydrogen (secondary N) is 2. The van der Waals surface area contributed by atoms with E-state index in [0.29, 0.717) is 11.6 Å². The number of carbonyl (C=O) groups is 1. The molecule has 1 aromatic heterocycles. The number of amides is 1. The highest BCUT2D eigenvalue weighted by Gasteiger charge is 2.14. The highest BCUT2D eigenvalue weighted by atomic mass is 32.2. The summed E-state index contributed by atoms with van der Waals surface area (Å²) in [6.45, 7) is 6.85. The van der Waals surface area contributed by atoms with E-state index >= 15 is 0 Å². The largest absolute Gasteiger partial charge is 0.370 e. The Morgan fingerprint density at radius 3 is 3.00 bits per heavy atom. The monoisotopic (exact) mass is 303 g/mol. The van der Waals surface area contributed by atoms with E-state index in [1.807, 2.05) is 6.92 Å². The number of anilines is 1. The van der Waals surface area contributed by atoms with Crippen LogP contribution in [0.25, 0.3) is 0 Å². The number of morpholine rings is 1. The molecule has 0 spiro atoms. The van der Waals surface area contributed by atoms with Crippen molar-refractivity contribution in [1.82, 2.24) is 10.2 Å². The quantitative estimate of drug-likeness (QED) is 0.567. The van der Waals surface area contributed by atoms with E-state index < -0.39 is 0 Å². The molecule has 2 rings (SSSR count). The number of thioether (sulfide) groups is 1. The summed E-state index contributed by atoms with van der Waals surface area (Å²) in [6.07, 6.45) is 0.461. The minimum atomic E-state index is -0.0227. The zero-order valence-corrected chi connectivity index (χ0v) is 12.6. The van der Waals surface area contributed by atoms with Crippen LogP contribution in [0.15, 0.2) is 4.34 Å². The third-order valence-corrected chi connectivity index (χ3v) is 4.83. The molecule has 106 valence electrons. The van der Waals surface area contributed by atoms with Gasteiger partial charge in [0.2, 0.25) is 11.0 Å². The average Bonchev–Trinajstić information content (AvgIpc) is 2.87. The van der Waals surface area contributed by atoms with E-state index in [4.69, 9.17) is 4.74 Å². The fraction of sp³-hybridized carbons (Fsp3) is 0.727. The number of hydrogen-bond acceptors (Lipinski definition) is 6. The minimum Gasteiger partial charge on any atom is -0.370 e. The Balaban J connectivity index is 1.69. The first-order valence-corrected chi connectivity index (χ1v) is 8.25. The predicted octanol–water partition coefficient (Wildman–Crippen LogP) is -0.106. The van der Waals surface area contributed by atoms with Crippen molar-refractivity contribution in [3.8, 4) is 0 Å². The summed E-state index contributed by atoms with van der Waals surface area (Å²) < 4.78 is 6.24. The molecule has 8 heteroatoms. The van der Waals surface area contributed by atoms with Crippen LogP contribution in [0.4, 0.5) is 5.13 Å². The first-order chi connectivity index (χ1) is 9.28. The molecule has 0 aromatic carbocycles. The SMILES string of the molecule is CCC(=O)Nc1nnc(SCC[NH+]2CCOCC2)s1. The van der Waals surface area contributed by atoms with Crippen molar-refractivity contribution >= 4 is 34.1 Å². The standard InChI is InChI=1S/C11H18N4O2S2/c1-2-9(16)12-10-13-14-11(19-10)18-8-5-15-3-6-17-7-4-15/h2-8H2,1H3,(H,12,13,16)/p+1. The van der Waals surface area contributed by atoms with Crippen LogP contribution in [-0.2, 0) is 9.53 Å². The summed E-state index contributed by atoms with van der Waals surface area (Å²) in [5.74, 6) is 0.997. The van der Waals surface area contributed by atoms with Crippen molar-refractivity contribution in [1.29, 1.82) is 0 Å². The van der Waals surface area contributed by atoms with Crippen LogP contribution in [0.5, 0.6) is 0 Å². The number of quaternary nitrogens is 1. The van der Waals surface area contributed by atoms with Gasteiger partial charge >= 0.3 is 0 Å². The molecule has 0 radical (unpaired) electrons. The second kappa shape index (κ2) is 7.78. The first kappa shape index (κ1) is 14.7. The fourth-order valence-corrected chi connectivity index (χ4v) is 3.60. The summed E-state index contributed by atoms with van der Waals surface area (Å²) in [6, 6.07) is 0. The number of aromatic nitrogens is 2. The average molecular weight is 303 g/mol. The highest BCUT2D eigenvalue weighted by Crippen LogP contribution is 2.24. The van der Waals surface area contributed by atoms with Gasteiger partial charge in [0.1, 0.15) is 13.1 Å². The van der Waals surface area contributed by atoms with E-state index in [9.17, 15) is 4.79 Å². The molecule has 1 aliphatic heterocycles. The Hall–Kier alpha value is -0.700. The lowest BCUT2D eigenvalue weighted by Gasteiger charge is -2.23. The molecule has 0 unspecified atom stereocenters. The summed E-state index contributed by atoms with van der Waals surface area (Å²) in [4.78, 5) is 12.8. The van der Waals surface area contributed by atoms with Crippen LogP contribution >= 0.6 is 23.1 Å². The minimum absolute atomic E-state index is 0.0227. The van der Waals surface area contributed by atoms with Gasteiger partial charge in [-0.2, -0.15) is 0 Å². The van der Waals surface area contributed by atoms with Gasteiger partial charge in [0.15, 0.2) is 4.34 Å². The molecule has 1 saturated heterocycles. The van der Waals surface area contributed by atoms with Crippen LogP contribution in [-0.4, -0.2) is 54.7 Å². The summed E-state index contributed by atoms with van der Waals surface area (Å²) in [7, 11) is 0. The molecule has 0 atom stereocenters. The highest BCUT2D eigenvalue weighted by molar-refractivity contribution is 8.01. The lowest BCUT2D eigenvalue weighted by Crippen LogP contribution is -3.14. The van der Waals surface area contributed by atoms with Crippen LogP contribution in [0, 0.1) is 0 Å². The normalized spacial score (nSPS) is 16.5. The molecular formula is C11H19N4O2S2+. The van der Waals surface area contributed by atoms with Gasteiger partial charge in [-0.3, -0.25) is 4.79 Å². The van der Waals surface area contributed by atoms with E-state index in [1.54, 1.807) is 16.7 Å². The Labute approximate surface area is 120 Å². The van der Waals surface area contributed by atoms with Crippen molar-refractivity contribution in [2.24, 2.45) is 0 Å². The summed E-state index contributed by atoms with van der Waals surface area (Å²) in [5, 5.41) is 11.3. The van der Waals surface area contributed by atoms with Crippen molar-refractivity contribution in [3.05, 3.63) is 0 Å². The molecule has 2 heterocycles. The van der Waals surface area contributed by atoms with E-state index in [-0.39, 0.29) is 5.91 Å². The van der Waals surface area contributed by atoms with Crippen LogP contribution < -0.4 is 10.2 Å². The van der Waals surface area contributed by atoms with Crippen molar-refractivity contribution < 1.29 is 14.4 Å². The topological polar surface area (TPSA) is 68.5 Å². The fourth-order valence-electron chi connectivity index (χ4n) is 1.72. The third-order valence-electron chi connectivity index (χ3n) is 2.85. The first-order valence-electron chi connectivity index (χ1n) is 6.45. The molecule has 1 aliphatic rings. The maximum atomic E-state index is 11.2. The number of rotatable bonds is 6. The Morgan fingerprint density at radius 2 is 2.26 bits per heavy atom. The van der Waals surface area contributed by atoms with Gasteiger partial charge in [0.25, 0.3) is 0 Å². The zero-order valence-electron chi connectivity index (χ0n) is 11.0. The number of ether oxygens (including phenoxy) is 1. The lowest BCUT2D eigenvalue weighted by molar-refractivity contribution is -0.905. The molecule has 6 nitrogen and oxygen atoms in total. The van der Waals surface area contributed by atoms with Crippen LogP contribution in [0.1, 0.15) is 13.3 Å². The Bertz CT molecular complexity index is 407. The van der Waals surface area contributed by atoms with Crippen LogP contribution in [0.3, 0.4) is 0 Å². The third kappa shape index (κ3) is 5.06. The molecular weight excluding hydrogens is 284 g/mol. The van der Waals surface area contributed by atoms with Crippen molar-refractivity contribution in [3.63, 3.8) is 0 Å². The van der Waals surface area contributed by atoms with Crippen LogP contribution in [0.2, 0.25) is 0 Å². The smallest absolute Gasteiger partial charge is 0.225 e. The molecule has 2 N–H and O–H groups in total. The van der Waals surface area contributed by atoms with Crippen molar-refractivity contribution in [2.45, 2.75) is 17.7 Å². The van der Waals surface area contributed by atoms with Gasteiger partial charge in [0, 0.05) is 12.2 Å². The zero-order chi connectivity index (χ0) is 13.5. The maximum absolute atomic E-state index is 11.2. The second-order valence-corrected chi connectivity index (χ2v) is 6.56. The van der Waals surface area contributed by atoms with Gasteiger partial charge in [-0.15, -0.1) is 10.2 Å². The molecule has 0 bridgehead atoms. The van der Waals surface area contributed by atoms with Gasteiger partial charge in [-0.05, 0) is 0 Å². The number of carbonyl (C=O) groups excluding carboxylic acids is 1. The molecule has 1 fully saturated rings. The van der Waals surface area contributed by atoms with Gasteiger partial charge < -0.3 is 15.0 Å². The number of hydrogen-bond donors (Lipinski definition) is 2. The predicted molar refractivity (Wildman–Crippen MR) is 75.9 cm³/mol. The van der Waals surface area contributed by atoms with E-state index in [0.717, 1.165) is 42.9 Å². The molecule has 0 saturated carbocycles. The van der Waals surface area contributed by atoms with Gasteiger partial charge in [0.05, 0.1) is 19.8 Å². The number of nitrogens with zero attached hydrogens (tertiary/aromatic N) is 2. The second-order valence-electron chi connectivity index (χ2n) is 4.24. The Morgan fingerprint density at radius 1 is 1.47 bits per heavy atom.